The maximum atomic E-state index is 5.35. The van der Waals surface area contributed by atoms with Gasteiger partial charge in [-0.2, -0.15) is 0 Å². The van der Waals surface area contributed by atoms with Crippen molar-refractivity contribution in [2.24, 2.45) is 0 Å². The zero-order chi connectivity index (χ0) is 11.8. The van der Waals surface area contributed by atoms with Crippen molar-refractivity contribution in [1.82, 2.24) is 9.80 Å². The molecule has 16 heavy (non-hydrogen) atoms. The normalized spacial score (nSPS) is 22.4. The first-order chi connectivity index (χ1) is 7.50. The molecule has 0 N–H and O–H groups in total. The van der Waals surface area contributed by atoms with Gasteiger partial charge in [0.1, 0.15) is 5.76 Å². The second-order valence-electron chi connectivity index (χ2n) is 5.02. The summed E-state index contributed by atoms with van der Waals surface area (Å²) in [5.74, 6) is 0.941. The van der Waals surface area contributed by atoms with Crippen LogP contribution in [0.4, 0.5) is 0 Å². The molecule has 0 bridgehead atoms. The molecule has 3 heteroatoms. The van der Waals surface area contributed by atoms with Gasteiger partial charge in [0.2, 0.25) is 0 Å². The van der Waals surface area contributed by atoms with Gasteiger partial charge in [-0.05, 0) is 51.7 Å². The number of likely N-dealkylation sites (N-methyl/N-ethyl adjacent to an activating group) is 2. The molecule has 0 aliphatic carbocycles. The molecule has 0 aromatic carbocycles. The summed E-state index contributed by atoms with van der Waals surface area (Å²) in [6, 6.07) is 3.92. The minimum absolute atomic E-state index is 0.126. The molecule has 1 aliphatic heterocycles. The number of nitrogens with zero attached hydrogens (tertiary/aromatic N) is 2. The lowest BCUT2D eigenvalue weighted by Gasteiger charge is -2.48. The van der Waals surface area contributed by atoms with Gasteiger partial charge in [-0.25, -0.2) is 0 Å². The van der Waals surface area contributed by atoms with E-state index in [2.05, 4.69) is 43.8 Å². The van der Waals surface area contributed by atoms with E-state index in [1.54, 1.807) is 6.26 Å². The Morgan fingerprint density at radius 3 is 2.38 bits per heavy atom. The van der Waals surface area contributed by atoms with Gasteiger partial charge in [0.15, 0.2) is 0 Å². The van der Waals surface area contributed by atoms with Crippen molar-refractivity contribution in [1.29, 1.82) is 0 Å². The van der Waals surface area contributed by atoms with Crippen molar-refractivity contribution in [2.75, 3.05) is 27.2 Å². The number of hydrogen-bond acceptors (Lipinski definition) is 3. The summed E-state index contributed by atoms with van der Waals surface area (Å²) in [7, 11) is 4.32. The van der Waals surface area contributed by atoms with E-state index in [-0.39, 0.29) is 5.66 Å². The molecule has 0 amide bonds. The number of furan rings is 1. The summed E-state index contributed by atoms with van der Waals surface area (Å²) in [6.07, 6.45) is 3.86. The lowest BCUT2D eigenvalue weighted by Crippen LogP contribution is -2.58. The van der Waals surface area contributed by atoms with Gasteiger partial charge in [0, 0.05) is 13.1 Å². The Balaban J connectivity index is 2.16. The van der Waals surface area contributed by atoms with Gasteiger partial charge in [-0.1, -0.05) is 0 Å². The van der Waals surface area contributed by atoms with Crippen LogP contribution in [0.15, 0.2) is 28.4 Å². The van der Waals surface area contributed by atoms with Crippen LogP contribution in [0.1, 0.15) is 19.6 Å². The predicted molar refractivity (Wildman–Crippen MR) is 66.0 cm³/mol. The molecule has 0 atom stereocenters. The summed E-state index contributed by atoms with van der Waals surface area (Å²) in [5, 5.41) is 0. The zero-order valence-electron chi connectivity index (χ0n) is 10.5. The minimum atomic E-state index is 0.126. The highest BCUT2D eigenvalue weighted by Gasteiger charge is 2.33. The Hall–Kier alpha value is -1.06. The number of rotatable bonds is 1. The Morgan fingerprint density at radius 1 is 1.25 bits per heavy atom. The lowest BCUT2D eigenvalue weighted by molar-refractivity contribution is -0.00919. The fourth-order valence-electron chi connectivity index (χ4n) is 2.00. The van der Waals surface area contributed by atoms with Gasteiger partial charge in [0.05, 0.1) is 11.9 Å². The Bertz CT molecular complexity index is 363. The molecule has 2 heterocycles. The molecular formula is C13H20N2O. The zero-order valence-corrected chi connectivity index (χ0v) is 10.5. The molecule has 1 saturated heterocycles. The molecule has 3 nitrogen and oxygen atoms in total. The third-order valence-electron chi connectivity index (χ3n) is 3.64. The summed E-state index contributed by atoms with van der Waals surface area (Å²) in [4.78, 5) is 4.70. The maximum Gasteiger partial charge on any atom is 0.126 e. The highest BCUT2D eigenvalue weighted by Crippen LogP contribution is 2.25. The van der Waals surface area contributed by atoms with E-state index in [1.807, 2.05) is 12.1 Å². The van der Waals surface area contributed by atoms with Crippen molar-refractivity contribution >= 4 is 6.08 Å². The van der Waals surface area contributed by atoms with Crippen LogP contribution < -0.4 is 0 Å². The average molecular weight is 220 g/mol. The van der Waals surface area contributed by atoms with E-state index in [1.165, 1.54) is 5.57 Å². The van der Waals surface area contributed by atoms with E-state index in [0.29, 0.717) is 0 Å². The van der Waals surface area contributed by atoms with Crippen LogP contribution in [-0.2, 0) is 0 Å². The van der Waals surface area contributed by atoms with Crippen LogP contribution >= 0.6 is 0 Å². The summed E-state index contributed by atoms with van der Waals surface area (Å²) in [6.45, 7) is 6.49. The molecule has 2 rings (SSSR count). The molecule has 1 aromatic rings. The monoisotopic (exact) mass is 220 g/mol. The first-order valence-corrected chi connectivity index (χ1v) is 5.65. The molecule has 88 valence electrons. The van der Waals surface area contributed by atoms with Gasteiger partial charge < -0.3 is 4.42 Å². The van der Waals surface area contributed by atoms with E-state index < -0.39 is 0 Å². The van der Waals surface area contributed by atoms with Crippen LogP contribution in [0.2, 0.25) is 0 Å². The quantitative estimate of drug-likeness (QED) is 0.724. The van der Waals surface area contributed by atoms with E-state index in [0.717, 1.165) is 18.8 Å². The van der Waals surface area contributed by atoms with Crippen LogP contribution in [0.5, 0.6) is 0 Å². The first kappa shape index (κ1) is 11.4. The molecule has 0 unspecified atom stereocenters. The van der Waals surface area contributed by atoms with Crippen molar-refractivity contribution < 1.29 is 4.42 Å². The second kappa shape index (κ2) is 4.07. The molecule has 1 fully saturated rings. The fraction of sp³-hybridized carbons (Fsp3) is 0.538. The van der Waals surface area contributed by atoms with E-state index >= 15 is 0 Å². The van der Waals surface area contributed by atoms with Crippen molar-refractivity contribution in [3.63, 3.8) is 0 Å². The van der Waals surface area contributed by atoms with Crippen molar-refractivity contribution in [3.8, 4) is 0 Å². The Kier molecular flexibility index (Phi) is 2.91. The molecule has 1 aliphatic rings. The van der Waals surface area contributed by atoms with E-state index in [4.69, 9.17) is 4.42 Å². The van der Waals surface area contributed by atoms with Gasteiger partial charge in [0.25, 0.3) is 0 Å². The van der Waals surface area contributed by atoms with Gasteiger partial charge in [-0.15, -0.1) is 0 Å². The highest BCUT2D eigenvalue weighted by molar-refractivity contribution is 5.48. The van der Waals surface area contributed by atoms with Crippen molar-refractivity contribution in [3.05, 3.63) is 29.7 Å². The highest BCUT2D eigenvalue weighted by atomic mass is 16.3. The van der Waals surface area contributed by atoms with Crippen LogP contribution in [-0.4, -0.2) is 42.6 Å². The molecule has 1 aromatic heterocycles. The Morgan fingerprint density at radius 2 is 1.88 bits per heavy atom. The molecular weight excluding hydrogens is 200 g/mol. The predicted octanol–water partition coefficient (Wildman–Crippen LogP) is 2.28. The van der Waals surface area contributed by atoms with Gasteiger partial charge in [-0.3, -0.25) is 9.80 Å². The van der Waals surface area contributed by atoms with Crippen LogP contribution in [0.3, 0.4) is 0 Å². The van der Waals surface area contributed by atoms with E-state index in [9.17, 15) is 0 Å². The average Bonchev–Trinajstić information content (AvgIpc) is 2.67. The largest absolute Gasteiger partial charge is 0.465 e. The molecule has 0 saturated carbocycles. The SMILES string of the molecule is CN1CC(=Cc2ccco2)CN(C)C1(C)C. The number of hydrogen-bond donors (Lipinski definition) is 0. The minimum Gasteiger partial charge on any atom is -0.465 e. The topological polar surface area (TPSA) is 19.6 Å². The standard InChI is InChI=1S/C13H20N2O/c1-13(2)14(3)9-11(10-15(13)4)8-12-6-5-7-16-12/h5-8H,9-10H2,1-4H3. The Labute approximate surface area is 97.3 Å². The summed E-state index contributed by atoms with van der Waals surface area (Å²) >= 11 is 0. The summed E-state index contributed by atoms with van der Waals surface area (Å²) in [5.41, 5.74) is 1.51. The lowest BCUT2D eigenvalue weighted by atomic mass is 10.0. The molecule has 0 spiro atoms. The van der Waals surface area contributed by atoms with Crippen LogP contribution in [0.25, 0.3) is 6.08 Å². The van der Waals surface area contributed by atoms with Gasteiger partial charge >= 0.3 is 0 Å². The molecule has 0 radical (unpaired) electrons. The van der Waals surface area contributed by atoms with Crippen LogP contribution in [0, 0.1) is 0 Å². The maximum absolute atomic E-state index is 5.35. The third kappa shape index (κ3) is 2.06. The van der Waals surface area contributed by atoms with Crippen molar-refractivity contribution in [2.45, 2.75) is 19.5 Å². The fourth-order valence-corrected chi connectivity index (χ4v) is 2.00. The second-order valence-corrected chi connectivity index (χ2v) is 5.02. The third-order valence-corrected chi connectivity index (χ3v) is 3.64. The summed E-state index contributed by atoms with van der Waals surface area (Å²) < 4.78 is 5.35. The first-order valence-electron chi connectivity index (χ1n) is 5.65. The smallest absolute Gasteiger partial charge is 0.126 e.